The van der Waals surface area contributed by atoms with E-state index in [1.54, 1.807) is 6.07 Å². The van der Waals surface area contributed by atoms with Gasteiger partial charge in [-0.05, 0) is 17.5 Å². The van der Waals surface area contributed by atoms with Crippen LogP contribution in [0.2, 0.25) is 0 Å². The normalized spacial score (nSPS) is 11.0. The highest BCUT2D eigenvalue weighted by atomic mass is 32.1. The number of fused-ring (bicyclic) bond motifs is 1. The summed E-state index contributed by atoms with van der Waals surface area (Å²) in [5.74, 6) is -2.44. The molecule has 0 saturated carbocycles. The zero-order chi connectivity index (χ0) is 21.7. The Morgan fingerprint density at radius 1 is 1.20 bits per heavy atom. The first-order valence-corrected chi connectivity index (χ1v) is 9.14. The van der Waals surface area contributed by atoms with Crippen molar-refractivity contribution < 1.29 is 32.4 Å². The lowest BCUT2D eigenvalue weighted by Gasteiger charge is -2.00. The number of H-pyrrole nitrogens is 1. The number of aliphatic carboxylic acids is 1. The lowest BCUT2D eigenvalue weighted by molar-refractivity contribution is -0.192. The molecule has 30 heavy (non-hydrogen) atoms. The fourth-order valence-corrected chi connectivity index (χ4v) is 3.00. The zero-order valence-corrected chi connectivity index (χ0v) is 15.8. The predicted molar refractivity (Wildman–Crippen MR) is 101 cm³/mol. The number of alkyl halides is 3. The van der Waals surface area contributed by atoms with Crippen LogP contribution in [0, 0.1) is 0 Å². The van der Waals surface area contributed by atoms with Crippen molar-refractivity contribution in [1.82, 2.24) is 20.7 Å². The van der Waals surface area contributed by atoms with E-state index < -0.39 is 12.1 Å². The van der Waals surface area contributed by atoms with Gasteiger partial charge in [0.25, 0.3) is 5.91 Å². The molecule has 0 atom stereocenters. The molecule has 0 bridgehead atoms. The van der Waals surface area contributed by atoms with E-state index in [2.05, 4.69) is 20.7 Å². The van der Waals surface area contributed by atoms with E-state index in [-0.39, 0.29) is 11.6 Å². The summed E-state index contributed by atoms with van der Waals surface area (Å²) in [5, 5.41) is 23.9. The van der Waals surface area contributed by atoms with Gasteiger partial charge in [0, 0.05) is 11.5 Å². The predicted octanol–water partition coefficient (Wildman–Crippen LogP) is 3.84. The van der Waals surface area contributed by atoms with Gasteiger partial charge < -0.3 is 14.9 Å². The summed E-state index contributed by atoms with van der Waals surface area (Å²) in [6, 6.07) is 13.2. The van der Waals surface area contributed by atoms with Crippen molar-refractivity contribution in [3.05, 3.63) is 59.2 Å². The monoisotopic (exact) mass is 438 g/mol. The fourth-order valence-electron chi connectivity index (χ4n) is 2.33. The molecular weight excluding hydrogens is 425 g/mol. The molecule has 3 heterocycles. The number of nitrogens with zero attached hydrogens (tertiary/aromatic N) is 2. The van der Waals surface area contributed by atoms with Crippen molar-refractivity contribution in [2.45, 2.75) is 12.7 Å². The van der Waals surface area contributed by atoms with E-state index in [1.165, 1.54) is 11.3 Å². The third-order valence-corrected chi connectivity index (χ3v) is 4.60. The van der Waals surface area contributed by atoms with Crippen LogP contribution in [0.3, 0.4) is 0 Å². The van der Waals surface area contributed by atoms with Gasteiger partial charge in [0.1, 0.15) is 0 Å². The first-order chi connectivity index (χ1) is 14.3. The average Bonchev–Trinajstić information content (AvgIpc) is 3.46. The zero-order valence-electron chi connectivity index (χ0n) is 14.9. The maximum absolute atomic E-state index is 12.2. The van der Waals surface area contributed by atoms with E-state index in [9.17, 15) is 18.0 Å². The molecule has 12 heteroatoms. The molecule has 4 rings (SSSR count). The minimum absolute atomic E-state index is 0.261. The van der Waals surface area contributed by atoms with Crippen molar-refractivity contribution >= 4 is 34.1 Å². The topological polar surface area (TPSA) is 121 Å². The number of halogens is 3. The number of aromatic nitrogens is 3. The number of carbonyl (C=O) groups excluding carboxylic acids is 1. The van der Waals surface area contributed by atoms with Gasteiger partial charge in [-0.15, -0.1) is 11.3 Å². The summed E-state index contributed by atoms with van der Waals surface area (Å²) in [7, 11) is 0. The van der Waals surface area contributed by atoms with Crippen LogP contribution in [0.25, 0.3) is 21.5 Å². The number of benzene rings is 1. The highest BCUT2D eigenvalue weighted by Gasteiger charge is 2.38. The maximum atomic E-state index is 12.2. The van der Waals surface area contributed by atoms with Crippen LogP contribution in [0.15, 0.2) is 52.4 Å². The number of carbonyl (C=O) groups is 2. The first kappa shape index (κ1) is 21.0. The van der Waals surface area contributed by atoms with Crippen LogP contribution < -0.4 is 5.32 Å². The number of para-hydroxylation sites is 1. The van der Waals surface area contributed by atoms with E-state index in [0.29, 0.717) is 12.3 Å². The molecule has 156 valence electrons. The average molecular weight is 438 g/mol. The molecule has 0 unspecified atom stereocenters. The van der Waals surface area contributed by atoms with Gasteiger partial charge in [-0.3, -0.25) is 9.89 Å². The largest absolute Gasteiger partial charge is 0.490 e. The van der Waals surface area contributed by atoms with E-state index >= 15 is 0 Å². The van der Waals surface area contributed by atoms with Gasteiger partial charge in [0.05, 0.1) is 22.6 Å². The first-order valence-electron chi connectivity index (χ1n) is 8.26. The van der Waals surface area contributed by atoms with Crippen LogP contribution in [-0.4, -0.2) is 38.5 Å². The lowest BCUT2D eigenvalue weighted by Crippen LogP contribution is -2.23. The second-order valence-electron chi connectivity index (χ2n) is 5.76. The van der Waals surface area contributed by atoms with E-state index in [0.717, 1.165) is 21.5 Å². The second-order valence-corrected chi connectivity index (χ2v) is 6.71. The smallest absolute Gasteiger partial charge is 0.475 e. The second kappa shape index (κ2) is 8.78. The molecule has 1 aromatic carbocycles. The van der Waals surface area contributed by atoms with Gasteiger partial charge in [0.15, 0.2) is 11.5 Å². The summed E-state index contributed by atoms with van der Waals surface area (Å²) in [4.78, 5) is 22.0. The van der Waals surface area contributed by atoms with Crippen LogP contribution in [0.5, 0.6) is 0 Å². The number of rotatable bonds is 4. The summed E-state index contributed by atoms with van der Waals surface area (Å²) in [6.45, 7) is 0.348. The molecule has 3 aromatic heterocycles. The Morgan fingerprint density at radius 3 is 2.60 bits per heavy atom. The Bertz CT molecular complexity index is 1150. The van der Waals surface area contributed by atoms with E-state index in [1.807, 2.05) is 41.8 Å². The number of carboxylic acid groups (broad SMARTS) is 1. The fraction of sp³-hybridized carbons (Fsp3) is 0.111. The van der Waals surface area contributed by atoms with Crippen LogP contribution >= 0.6 is 11.3 Å². The standard InChI is InChI=1S/C16H12N4O2S.C2HF3O2/c21-16(12-8-14(22-20-12)15-6-3-7-23-15)17-9-13-10-4-1-2-5-11(10)18-19-13;3-2(4,5)1(6)7/h1-8H,9H2,(H,17,21)(H,18,19);(H,6,7). The highest BCUT2D eigenvalue weighted by Crippen LogP contribution is 2.25. The highest BCUT2D eigenvalue weighted by molar-refractivity contribution is 7.13. The molecule has 0 radical (unpaired) electrons. The molecule has 4 aromatic rings. The Hall–Kier alpha value is -3.67. The molecule has 0 aliphatic carbocycles. The van der Waals surface area contributed by atoms with E-state index in [4.69, 9.17) is 14.4 Å². The van der Waals surface area contributed by atoms with Gasteiger partial charge in [-0.25, -0.2) is 4.79 Å². The minimum Gasteiger partial charge on any atom is -0.475 e. The van der Waals surface area contributed by atoms with Crippen molar-refractivity contribution in [3.63, 3.8) is 0 Å². The Kier molecular flexibility index (Phi) is 6.16. The van der Waals surface area contributed by atoms with Gasteiger partial charge >= 0.3 is 12.1 Å². The van der Waals surface area contributed by atoms with Crippen molar-refractivity contribution in [3.8, 4) is 10.6 Å². The number of amides is 1. The molecule has 0 aliphatic heterocycles. The summed E-state index contributed by atoms with van der Waals surface area (Å²) >= 11 is 1.54. The van der Waals surface area contributed by atoms with Gasteiger partial charge in [-0.2, -0.15) is 18.3 Å². The molecule has 8 nitrogen and oxygen atoms in total. The Morgan fingerprint density at radius 2 is 1.93 bits per heavy atom. The van der Waals surface area contributed by atoms with Crippen molar-refractivity contribution in [2.24, 2.45) is 0 Å². The molecule has 0 saturated heterocycles. The van der Waals surface area contributed by atoms with Crippen LogP contribution in [0.1, 0.15) is 16.2 Å². The number of nitrogens with one attached hydrogen (secondary N) is 2. The number of hydrogen-bond acceptors (Lipinski definition) is 6. The Balaban J connectivity index is 0.000000318. The molecule has 0 spiro atoms. The number of thiophene rings is 1. The quantitative estimate of drug-likeness (QED) is 0.445. The third-order valence-electron chi connectivity index (χ3n) is 3.72. The molecule has 1 amide bonds. The minimum atomic E-state index is -5.08. The number of hydrogen-bond donors (Lipinski definition) is 3. The van der Waals surface area contributed by atoms with Crippen LogP contribution in [0.4, 0.5) is 13.2 Å². The maximum Gasteiger partial charge on any atom is 0.490 e. The number of aromatic amines is 1. The van der Waals surface area contributed by atoms with Gasteiger partial charge in [0.2, 0.25) is 0 Å². The van der Waals surface area contributed by atoms with Crippen molar-refractivity contribution in [1.29, 1.82) is 0 Å². The Labute approximate surface area is 170 Å². The molecule has 3 N–H and O–H groups in total. The summed E-state index contributed by atoms with van der Waals surface area (Å²) < 4.78 is 37.0. The van der Waals surface area contributed by atoms with Crippen LogP contribution in [-0.2, 0) is 11.3 Å². The molecular formula is C18H13F3N4O4S. The van der Waals surface area contributed by atoms with Gasteiger partial charge in [-0.1, -0.05) is 29.4 Å². The molecule has 0 fully saturated rings. The SMILES string of the molecule is O=C(NCc1[nH]nc2ccccc12)c1cc(-c2cccs2)on1.O=C(O)C(F)(F)F. The molecule has 0 aliphatic rings. The van der Waals surface area contributed by atoms with Crippen molar-refractivity contribution in [2.75, 3.05) is 0 Å². The third kappa shape index (κ3) is 5.03. The summed E-state index contributed by atoms with van der Waals surface area (Å²) in [6.07, 6.45) is -5.08. The lowest BCUT2D eigenvalue weighted by atomic mass is 10.2. The summed E-state index contributed by atoms with van der Waals surface area (Å²) in [5.41, 5.74) is 1.99. The number of carboxylic acids is 1.